The fourth-order valence-electron chi connectivity index (χ4n) is 2.49. The molecule has 0 aromatic carbocycles. The molecule has 2 heterocycles. The average molecular weight is 231 g/mol. The van der Waals surface area contributed by atoms with Crippen LogP contribution in [0.15, 0.2) is 6.20 Å². The number of aromatic nitrogens is 4. The molecule has 0 spiro atoms. The lowest BCUT2D eigenvalue weighted by atomic mass is 9.93. The lowest BCUT2D eigenvalue weighted by Crippen LogP contribution is -2.15. The van der Waals surface area contributed by atoms with Crippen LogP contribution in [0, 0.1) is 0 Å². The van der Waals surface area contributed by atoms with Crippen LogP contribution in [0.3, 0.4) is 0 Å². The van der Waals surface area contributed by atoms with Crippen LogP contribution in [0.2, 0.25) is 0 Å². The number of hydrogen-bond acceptors (Lipinski definition) is 3. The van der Waals surface area contributed by atoms with Crippen molar-refractivity contribution in [3.8, 4) is 11.3 Å². The second-order valence-electron chi connectivity index (χ2n) is 4.30. The highest BCUT2D eigenvalue weighted by Crippen LogP contribution is 2.33. The van der Waals surface area contributed by atoms with Crippen molar-refractivity contribution in [3.63, 3.8) is 0 Å². The van der Waals surface area contributed by atoms with Crippen LogP contribution in [-0.2, 0) is 31.1 Å². The Morgan fingerprint density at radius 3 is 3.18 bits per heavy atom. The summed E-state index contributed by atoms with van der Waals surface area (Å²) in [6, 6.07) is 0. The van der Waals surface area contributed by atoms with Crippen LogP contribution in [0.25, 0.3) is 11.3 Å². The quantitative estimate of drug-likeness (QED) is 0.758. The van der Waals surface area contributed by atoms with E-state index in [1.165, 1.54) is 0 Å². The third-order valence-corrected chi connectivity index (χ3v) is 3.17. The summed E-state index contributed by atoms with van der Waals surface area (Å²) in [5, 5.41) is 11.4. The number of carbonyl (C=O) groups is 1. The largest absolute Gasteiger partial charge is 0.369 e. The highest BCUT2D eigenvalue weighted by molar-refractivity contribution is 5.78. The molecule has 17 heavy (non-hydrogen) atoms. The molecule has 6 heteroatoms. The van der Waals surface area contributed by atoms with Crippen molar-refractivity contribution in [1.82, 2.24) is 20.0 Å². The first-order valence-corrected chi connectivity index (χ1v) is 5.52. The number of aromatic amines is 1. The lowest BCUT2D eigenvalue weighted by molar-refractivity contribution is -0.117. The highest BCUT2D eigenvalue weighted by Gasteiger charge is 2.25. The maximum absolute atomic E-state index is 11.0. The molecule has 0 radical (unpaired) electrons. The van der Waals surface area contributed by atoms with Gasteiger partial charge in [-0.2, -0.15) is 10.2 Å². The number of H-pyrrole nitrogens is 1. The van der Waals surface area contributed by atoms with Gasteiger partial charge < -0.3 is 5.73 Å². The van der Waals surface area contributed by atoms with Crippen molar-refractivity contribution in [3.05, 3.63) is 23.1 Å². The van der Waals surface area contributed by atoms with E-state index in [1.54, 1.807) is 4.68 Å². The Bertz CT molecular complexity index is 595. The molecule has 0 unspecified atom stereocenters. The second kappa shape index (κ2) is 3.44. The second-order valence-corrected chi connectivity index (χ2v) is 4.30. The summed E-state index contributed by atoms with van der Waals surface area (Å²) in [5.74, 6) is -0.344. The molecule has 88 valence electrons. The van der Waals surface area contributed by atoms with Crippen molar-refractivity contribution >= 4 is 5.91 Å². The predicted octanol–water partition coefficient (Wildman–Crippen LogP) is -0.0634. The standard InChI is InChI=1S/C11H13N5O/c1-16-11-6(9(15-16)4-10(12)17)2-3-8-7(11)5-13-14-8/h5H,2-4H2,1H3,(H2,12,17)(H,13,14). The molecule has 0 saturated heterocycles. The van der Waals surface area contributed by atoms with E-state index < -0.39 is 0 Å². The molecule has 2 aromatic heterocycles. The van der Waals surface area contributed by atoms with Crippen molar-refractivity contribution in [2.45, 2.75) is 19.3 Å². The Kier molecular flexibility index (Phi) is 2.04. The first kappa shape index (κ1) is 10.1. The summed E-state index contributed by atoms with van der Waals surface area (Å²) < 4.78 is 1.81. The molecular formula is C11H13N5O. The zero-order valence-electron chi connectivity index (χ0n) is 9.53. The minimum atomic E-state index is -0.344. The number of carbonyl (C=O) groups excluding carboxylic acids is 1. The molecule has 2 aromatic rings. The predicted molar refractivity (Wildman–Crippen MR) is 61.1 cm³/mol. The number of fused-ring (bicyclic) bond motifs is 3. The molecule has 1 amide bonds. The smallest absolute Gasteiger partial charge is 0.223 e. The number of nitrogens with two attached hydrogens (primary N) is 1. The topological polar surface area (TPSA) is 89.6 Å². The number of nitrogens with one attached hydrogen (secondary N) is 1. The van der Waals surface area contributed by atoms with Gasteiger partial charge in [0.2, 0.25) is 5.91 Å². The fraction of sp³-hybridized carbons (Fsp3) is 0.364. The third kappa shape index (κ3) is 1.44. The van der Waals surface area contributed by atoms with Gasteiger partial charge in [-0.05, 0) is 12.8 Å². The van der Waals surface area contributed by atoms with E-state index in [0.29, 0.717) is 0 Å². The van der Waals surface area contributed by atoms with Gasteiger partial charge in [-0.15, -0.1) is 0 Å². The van der Waals surface area contributed by atoms with Gasteiger partial charge in [0.05, 0.1) is 24.0 Å². The molecule has 0 bridgehead atoms. The van der Waals surface area contributed by atoms with Crippen molar-refractivity contribution in [2.75, 3.05) is 0 Å². The summed E-state index contributed by atoms with van der Waals surface area (Å²) in [4.78, 5) is 11.0. The zero-order chi connectivity index (χ0) is 12.0. The molecular weight excluding hydrogens is 218 g/mol. The van der Waals surface area contributed by atoms with E-state index in [1.807, 2.05) is 13.2 Å². The van der Waals surface area contributed by atoms with Gasteiger partial charge >= 0.3 is 0 Å². The lowest BCUT2D eigenvalue weighted by Gasteiger charge is -2.12. The number of aryl methyl sites for hydroxylation is 2. The van der Waals surface area contributed by atoms with Crippen LogP contribution >= 0.6 is 0 Å². The van der Waals surface area contributed by atoms with E-state index >= 15 is 0 Å². The van der Waals surface area contributed by atoms with Crippen LogP contribution in [0.4, 0.5) is 0 Å². The van der Waals surface area contributed by atoms with Crippen molar-refractivity contribution in [1.29, 1.82) is 0 Å². The molecule has 0 atom stereocenters. The number of amides is 1. The number of nitrogens with zero attached hydrogens (tertiary/aromatic N) is 3. The number of rotatable bonds is 2. The third-order valence-electron chi connectivity index (χ3n) is 3.17. The maximum atomic E-state index is 11.0. The molecule has 0 aliphatic heterocycles. The van der Waals surface area contributed by atoms with Gasteiger partial charge in [-0.25, -0.2) is 0 Å². The van der Waals surface area contributed by atoms with Gasteiger partial charge in [0, 0.05) is 23.9 Å². The monoisotopic (exact) mass is 231 g/mol. The molecule has 1 aliphatic carbocycles. The summed E-state index contributed by atoms with van der Waals surface area (Å²) in [5.41, 5.74) is 10.4. The average Bonchev–Trinajstić information content (AvgIpc) is 2.82. The normalized spacial score (nSPS) is 13.2. The first-order valence-electron chi connectivity index (χ1n) is 5.52. The van der Waals surface area contributed by atoms with Gasteiger partial charge in [0.25, 0.3) is 0 Å². The van der Waals surface area contributed by atoms with Crippen molar-refractivity contribution in [2.24, 2.45) is 12.8 Å². The Morgan fingerprint density at radius 2 is 2.41 bits per heavy atom. The fourth-order valence-corrected chi connectivity index (χ4v) is 2.49. The molecule has 0 fully saturated rings. The van der Waals surface area contributed by atoms with Gasteiger partial charge in [0.1, 0.15) is 0 Å². The van der Waals surface area contributed by atoms with E-state index in [0.717, 1.165) is 41.1 Å². The SMILES string of the molecule is Cn1nc(CC(N)=O)c2c1-c1cn[nH]c1CC2. The minimum absolute atomic E-state index is 0.205. The maximum Gasteiger partial charge on any atom is 0.223 e. The van der Waals surface area contributed by atoms with Crippen LogP contribution in [0.5, 0.6) is 0 Å². The van der Waals surface area contributed by atoms with E-state index in [-0.39, 0.29) is 12.3 Å². The molecule has 0 saturated carbocycles. The van der Waals surface area contributed by atoms with Crippen molar-refractivity contribution < 1.29 is 4.79 Å². The number of hydrogen-bond donors (Lipinski definition) is 2. The Labute approximate surface area is 97.8 Å². The first-order chi connectivity index (χ1) is 8.16. The summed E-state index contributed by atoms with van der Waals surface area (Å²) >= 11 is 0. The van der Waals surface area contributed by atoms with E-state index in [9.17, 15) is 4.79 Å². The van der Waals surface area contributed by atoms with Gasteiger partial charge in [-0.3, -0.25) is 14.6 Å². The highest BCUT2D eigenvalue weighted by atomic mass is 16.1. The minimum Gasteiger partial charge on any atom is -0.369 e. The Balaban J connectivity index is 2.16. The molecule has 3 N–H and O–H groups in total. The van der Waals surface area contributed by atoms with Crippen LogP contribution < -0.4 is 5.73 Å². The summed E-state index contributed by atoms with van der Waals surface area (Å²) in [6.45, 7) is 0. The van der Waals surface area contributed by atoms with Gasteiger partial charge in [-0.1, -0.05) is 0 Å². The molecule has 6 nitrogen and oxygen atoms in total. The summed E-state index contributed by atoms with van der Waals surface area (Å²) in [7, 11) is 1.88. The summed E-state index contributed by atoms with van der Waals surface area (Å²) in [6.07, 6.45) is 3.79. The van der Waals surface area contributed by atoms with Crippen LogP contribution in [0.1, 0.15) is 17.0 Å². The zero-order valence-corrected chi connectivity index (χ0v) is 9.53. The Hall–Kier alpha value is -2.11. The molecule has 3 rings (SSSR count). The van der Waals surface area contributed by atoms with E-state index in [4.69, 9.17) is 5.73 Å². The van der Waals surface area contributed by atoms with Gasteiger partial charge in [0.15, 0.2) is 0 Å². The Morgan fingerprint density at radius 1 is 1.59 bits per heavy atom. The van der Waals surface area contributed by atoms with E-state index in [2.05, 4.69) is 15.3 Å². The number of primary amides is 1. The van der Waals surface area contributed by atoms with Crippen LogP contribution in [-0.4, -0.2) is 25.9 Å². The molecule has 1 aliphatic rings.